The summed E-state index contributed by atoms with van der Waals surface area (Å²) in [4.78, 5) is 2.40. The van der Waals surface area contributed by atoms with Crippen LogP contribution in [0.15, 0.2) is 66.7 Å². The SMILES string of the molecule is COc1cccc(C(C)N(C)CCc2cccc3ccccc23)c1. The van der Waals surface area contributed by atoms with E-state index in [2.05, 4.69) is 79.5 Å². The van der Waals surface area contributed by atoms with Gasteiger partial charge in [0.25, 0.3) is 0 Å². The molecule has 0 bridgehead atoms. The minimum atomic E-state index is 0.357. The Bertz CT molecular complexity index is 806. The van der Waals surface area contributed by atoms with Gasteiger partial charge in [-0.2, -0.15) is 0 Å². The molecule has 0 radical (unpaired) electrons. The van der Waals surface area contributed by atoms with Gasteiger partial charge in [-0.1, -0.05) is 54.6 Å². The number of ether oxygens (including phenoxy) is 1. The van der Waals surface area contributed by atoms with Crippen molar-refractivity contribution in [2.45, 2.75) is 19.4 Å². The molecule has 1 atom stereocenters. The second-order valence-corrected chi connectivity index (χ2v) is 6.32. The fourth-order valence-electron chi connectivity index (χ4n) is 3.16. The standard InChI is InChI=1S/C22H25NO/c1-17(20-11-7-12-21(16-20)24-3)23(2)15-14-19-10-6-9-18-8-4-5-13-22(18)19/h4-13,16-17H,14-15H2,1-3H3. The lowest BCUT2D eigenvalue weighted by atomic mass is 10.0. The maximum Gasteiger partial charge on any atom is 0.119 e. The lowest BCUT2D eigenvalue weighted by Gasteiger charge is -2.25. The average molecular weight is 319 g/mol. The van der Waals surface area contributed by atoms with Gasteiger partial charge in [0.1, 0.15) is 5.75 Å². The molecule has 0 saturated carbocycles. The molecular formula is C22H25NO. The Hall–Kier alpha value is -2.32. The molecule has 0 saturated heterocycles. The van der Waals surface area contributed by atoms with Crippen LogP contribution in [0.5, 0.6) is 5.75 Å². The zero-order valence-corrected chi connectivity index (χ0v) is 14.7. The summed E-state index contributed by atoms with van der Waals surface area (Å²) in [5.74, 6) is 0.918. The van der Waals surface area contributed by atoms with Gasteiger partial charge in [0, 0.05) is 12.6 Å². The predicted molar refractivity (Wildman–Crippen MR) is 102 cm³/mol. The van der Waals surface area contributed by atoms with Crippen LogP contribution in [0.2, 0.25) is 0 Å². The van der Waals surface area contributed by atoms with Gasteiger partial charge in [-0.05, 0) is 54.4 Å². The second kappa shape index (κ2) is 7.50. The third-order valence-electron chi connectivity index (χ3n) is 4.85. The highest BCUT2D eigenvalue weighted by molar-refractivity contribution is 5.85. The van der Waals surface area contributed by atoms with E-state index in [9.17, 15) is 0 Å². The van der Waals surface area contributed by atoms with E-state index in [0.717, 1.165) is 18.7 Å². The van der Waals surface area contributed by atoms with E-state index in [1.165, 1.54) is 21.9 Å². The Morgan fingerprint density at radius 1 is 0.958 bits per heavy atom. The van der Waals surface area contributed by atoms with Crippen molar-refractivity contribution in [2.75, 3.05) is 20.7 Å². The first-order valence-corrected chi connectivity index (χ1v) is 8.50. The molecule has 24 heavy (non-hydrogen) atoms. The number of methoxy groups -OCH3 is 1. The monoisotopic (exact) mass is 319 g/mol. The minimum absolute atomic E-state index is 0.357. The van der Waals surface area contributed by atoms with E-state index in [1.54, 1.807) is 7.11 Å². The number of hydrogen-bond donors (Lipinski definition) is 0. The molecule has 3 aromatic carbocycles. The summed E-state index contributed by atoms with van der Waals surface area (Å²) in [6.07, 6.45) is 1.05. The van der Waals surface area contributed by atoms with E-state index in [-0.39, 0.29) is 0 Å². The van der Waals surface area contributed by atoms with Crippen LogP contribution in [0, 0.1) is 0 Å². The summed E-state index contributed by atoms with van der Waals surface area (Å²) < 4.78 is 5.34. The van der Waals surface area contributed by atoms with Crippen LogP contribution in [0.25, 0.3) is 10.8 Å². The van der Waals surface area contributed by atoms with Gasteiger partial charge in [0.15, 0.2) is 0 Å². The summed E-state index contributed by atoms with van der Waals surface area (Å²) in [6, 6.07) is 23.9. The van der Waals surface area contributed by atoms with E-state index in [1.807, 2.05) is 6.07 Å². The van der Waals surface area contributed by atoms with Gasteiger partial charge in [-0.3, -0.25) is 4.90 Å². The van der Waals surface area contributed by atoms with Gasteiger partial charge in [-0.15, -0.1) is 0 Å². The summed E-state index contributed by atoms with van der Waals surface area (Å²) in [6.45, 7) is 3.27. The van der Waals surface area contributed by atoms with Crippen molar-refractivity contribution < 1.29 is 4.74 Å². The summed E-state index contributed by atoms with van der Waals surface area (Å²) >= 11 is 0. The normalized spacial score (nSPS) is 12.5. The molecule has 0 aliphatic carbocycles. The molecule has 0 N–H and O–H groups in total. The molecule has 0 aliphatic heterocycles. The summed E-state index contributed by atoms with van der Waals surface area (Å²) in [5.41, 5.74) is 2.70. The van der Waals surface area contributed by atoms with E-state index >= 15 is 0 Å². The van der Waals surface area contributed by atoms with Gasteiger partial charge in [0.05, 0.1) is 7.11 Å². The highest BCUT2D eigenvalue weighted by Gasteiger charge is 2.12. The quantitative estimate of drug-likeness (QED) is 0.628. The van der Waals surface area contributed by atoms with Crippen LogP contribution in [0.4, 0.5) is 0 Å². The number of likely N-dealkylation sites (N-methyl/N-ethyl adjacent to an activating group) is 1. The lowest BCUT2D eigenvalue weighted by Crippen LogP contribution is -2.25. The Kier molecular flexibility index (Phi) is 5.17. The maximum absolute atomic E-state index is 5.34. The van der Waals surface area contributed by atoms with E-state index < -0.39 is 0 Å². The molecule has 2 nitrogen and oxygen atoms in total. The highest BCUT2D eigenvalue weighted by Crippen LogP contribution is 2.24. The van der Waals surface area contributed by atoms with Crippen LogP contribution in [-0.4, -0.2) is 25.6 Å². The molecule has 1 unspecified atom stereocenters. The molecule has 0 fully saturated rings. The smallest absolute Gasteiger partial charge is 0.119 e. The van der Waals surface area contributed by atoms with Gasteiger partial charge < -0.3 is 4.74 Å². The third-order valence-corrected chi connectivity index (χ3v) is 4.85. The molecule has 0 amide bonds. The Morgan fingerprint density at radius 2 is 1.71 bits per heavy atom. The van der Waals surface area contributed by atoms with Crippen LogP contribution in [0.1, 0.15) is 24.1 Å². The van der Waals surface area contributed by atoms with Crippen LogP contribution in [0.3, 0.4) is 0 Å². The van der Waals surface area contributed by atoms with E-state index in [0.29, 0.717) is 6.04 Å². The van der Waals surface area contributed by atoms with Crippen LogP contribution >= 0.6 is 0 Å². The molecule has 0 aliphatic rings. The second-order valence-electron chi connectivity index (χ2n) is 6.32. The average Bonchev–Trinajstić information content (AvgIpc) is 2.65. The maximum atomic E-state index is 5.34. The topological polar surface area (TPSA) is 12.5 Å². The van der Waals surface area contributed by atoms with Crippen molar-refractivity contribution in [1.29, 1.82) is 0 Å². The van der Waals surface area contributed by atoms with Gasteiger partial charge in [0.2, 0.25) is 0 Å². The van der Waals surface area contributed by atoms with Crippen molar-refractivity contribution in [2.24, 2.45) is 0 Å². The molecule has 124 valence electrons. The molecule has 3 aromatic rings. The summed E-state index contributed by atoms with van der Waals surface area (Å²) in [5, 5.41) is 2.68. The Balaban J connectivity index is 1.71. The van der Waals surface area contributed by atoms with Crippen molar-refractivity contribution in [3.05, 3.63) is 77.9 Å². The zero-order chi connectivity index (χ0) is 16.9. The molecule has 2 heteroatoms. The minimum Gasteiger partial charge on any atom is -0.497 e. The number of benzene rings is 3. The number of nitrogens with zero attached hydrogens (tertiary/aromatic N) is 1. The van der Waals surface area contributed by atoms with Crippen LogP contribution < -0.4 is 4.74 Å². The molecular weight excluding hydrogens is 294 g/mol. The predicted octanol–water partition coefficient (Wildman–Crippen LogP) is 5.08. The van der Waals surface area contributed by atoms with Crippen LogP contribution in [-0.2, 0) is 6.42 Å². The number of rotatable bonds is 6. The highest BCUT2D eigenvalue weighted by atomic mass is 16.5. The first kappa shape index (κ1) is 16.5. The largest absolute Gasteiger partial charge is 0.497 e. The van der Waals surface area contributed by atoms with Crippen molar-refractivity contribution in [3.8, 4) is 5.75 Å². The Labute approximate surface area is 144 Å². The number of hydrogen-bond acceptors (Lipinski definition) is 2. The van der Waals surface area contributed by atoms with E-state index in [4.69, 9.17) is 4.74 Å². The van der Waals surface area contributed by atoms with Gasteiger partial charge >= 0.3 is 0 Å². The molecule has 0 aromatic heterocycles. The van der Waals surface area contributed by atoms with Crippen molar-refractivity contribution >= 4 is 10.8 Å². The fourth-order valence-corrected chi connectivity index (χ4v) is 3.16. The van der Waals surface area contributed by atoms with Crippen molar-refractivity contribution in [3.63, 3.8) is 0 Å². The molecule has 0 spiro atoms. The Morgan fingerprint density at radius 3 is 2.54 bits per heavy atom. The first-order valence-electron chi connectivity index (χ1n) is 8.50. The molecule has 0 heterocycles. The zero-order valence-electron chi connectivity index (χ0n) is 14.7. The third kappa shape index (κ3) is 3.60. The molecule has 3 rings (SSSR count). The number of fused-ring (bicyclic) bond motifs is 1. The summed E-state index contributed by atoms with van der Waals surface area (Å²) in [7, 11) is 3.91. The fraction of sp³-hybridized carbons (Fsp3) is 0.273. The van der Waals surface area contributed by atoms with Gasteiger partial charge in [-0.25, -0.2) is 0 Å². The first-order chi connectivity index (χ1) is 11.7. The van der Waals surface area contributed by atoms with Crippen molar-refractivity contribution in [1.82, 2.24) is 4.90 Å². The lowest BCUT2D eigenvalue weighted by molar-refractivity contribution is 0.264.